The van der Waals surface area contributed by atoms with E-state index in [0.717, 1.165) is 46.4 Å². The summed E-state index contributed by atoms with van der Waals surface area (Å²) in [4.78, 5) is 18.2. The highest BCUT2D eigenvalue weighted by Gasteiger charge is 2.19. The van der Waals surface area contributed by atoms with Gasteiger partial charge in [-0.15, -0.1) is 0 Å². The number of amides is 1. The smallest absolute Gasteiger partial charge is 0.252 e. The molecule has 1 N–H and O–H groups in total. The van der Waals surface area contributed by atoms with Crippen LogP contribution in [-0.2, 0) is 6.54 Å². The average molecular weight is 399 g/mol. The standard InChI is InChI=1S/C25H26N4O/c1-4-22(18-11-7-6-8-12-18)27-25(30)20-15-24(21-16-29(5-2)28-17(21)3)26-23-14-10-9-13-19(20)23/h6-16,22H,4-5H2,1-3H3,(H,27,30). The summed E-state index contributed by atoms with van der Waals surface area (Å²) in [6, 6.07) is 19.7. The minimum Gasteiger partial charge on any atom is -0.345 e. The number of nitrogens with one attached hydrogen (secondary N) is 1. The van der Waals surface area contributed by atoms with Crippen LogP contribution in [0.15, 0.2) is 66.9 Å². The number of nitrogens with zero attached hydrogens (tertiary/aromatic N) is 3. The normalized spacial score (nSPS) is 12.1. The molecule has 0 aliphatic carbocycles. The third-order valence-corrected chi connectivity index (χ3v) is 5.42. The summed E-state index contributed by atoms with van der Waals surface area (Å²) < 4.78 is 1.89. The molecular formula is C25H26N4O. The highest BCUT2D eigenvalue weighted by molar-refractivity contribution is 6.07. The Labute approximate surface area is 176 Å². The van der Waals surface area contributed by atoms with E-state index in [1.165, 1.54) is 0 Å². The van der Waals surface area contributed by atoms with Gasteiger partial charge in [-0.3, -0.25) is 9.48 Å². The molecule has 2 heterocycles. The first kappa shape index (κ1) is 19.8. The monoisotopic (exact) mass is 398 g/mol. The lowest BCUT2D eigenvalue weighted by Crippen LogP contribution is -2.28. The zero-order chi connectivity index (χ0) is 21.1. The van der Waals surface area contributed by atoms with Crippen molar-refractivity contribution in [3.8, 4) is 11.3 Å². The maximum Gasteiger partial charge on any atom is 0.252 e. The van der Waals surface area contributed by atoms with Gasteiger partial charge in [-0.1, -0.05) is 55.5 Å². The van der Waals surface area contributed by atoms with E-state index < -0.39 is 0 Å². The van der Waals surface area contributed by atoms with Gasteiger partial charge in [-0.2, -0.15) is 5.10 Å². The minimum atomic E-state index is -0.0916. The number of benzene rings is 2. The van der Waals surface area contributed by atoms with Crippen molar-refractivity contribution in [2.24, 2.45) is 0 Å². The third-order valence-electron chi connectivity index (χ3n) is 5.42. The summed E-state index contributed by atoms with van der Waals surface area (Å²) in [6.07, 6.45) is 2.81. The molecule has 0 radical (unpaired) electrons. The van der Waals surface area contributed by atoms with E-state index in [2.05, 4.69) is 24.3 Å². The first-order valence-corrected chi connectivity index (χ1v) is 10.4. The molecule has 0 aliphatic rings. The molecule has 0 fully saturated rings. The molecule has 5 nitrogen and oxygen atoms in total. The van der Waals surface area contributed by atoms with Crippen molar-refractivity contribution in [1.29, 1.82) is 0 Å². The van der Waals surface area contributed by atoms with Gasteiger partial charge in [-0.25, -0.2) is 4.98 Å². The van der Waals surface area contributed by atoms with Crippen LogP contribution in [0.25, 0.3) is 22.2 Å². The van der Waals surface area contributed by atoms with Gasteiger partial charge < -0.3 is 5.32 Å². The van der Waals surface area contributed by atoms with E-state index in [0.29, 0.717) is 5.56 Å². The van der Waals surface area contributed by atoms with Crippen LogP contribution in [0.1, 0.15) is 47.9 Å². The zero-order valence-electron chi connectivity index (χ0n) is 17.6. The molecule has 0 bridgehead atoms. The Hall–Kier alpha value is -3.47. The molecule has 1 unspecified atom stereocenters. The van der Waals surface area contributed by atoms with Crippen molar-refractivity contribution < 1.29 is 4.79 Å². The average Bonchev–Trinajstić information content (AvgIpc) is 3.17. The first-order valence-electron chi connectivity index (χ1n) is 10.4. The van der Waals surface area contributed by atoms with Gasteiger partial charge in [0.2, 0.25) is 0 Å². The fourth-order valence-corrected chi connectivity index (χ4v) is 3.78. The van der Waals surface area contributed by atoms with E-state index in [-0.39, 0.29) is 11.9 Å². The summed E-state index contributed by atoms with van der Waals surface area (Å²) in [5.41, 5.74) is 5.16. The molecule has 5 heteroatoms. The zero-order valence-corrected chi connectivity index (χ0v) is 17.6. The van der Waals surface area contributed by atoms with Crippen molar-refractivity contribution in [3.05, 3.63) is 83.7 Å². The van der Waals surface area contributed by atoms with Gasteiger partial charge in [-0.05, 0) is 38.0 Å². The quantitative estimate of drug-likeness (QED) is 0.479. The van der Waals surface area contributed by atoms with Crippen LogP contribution in [0, 0.1) is 6.92 Å². The molecule has 0 spiro atoms. The SMILES string of the molecule is CCC(NC(=O)c1cc(-c2cn(CC)nc2C)nc2ccccc12)c1ccccc1. The molecule has 2 aromatic carbocycles. The number of hydrogen-bond donors (Lipinski definition) is 1. The summed E-state index contributed by atoms with van der Waals surface area (Å²) in [7, 11) is 0. The Bertz CT molecular complexity index is 1180. The lowest BCUT2D eigenvalue weighted by atomic mass is 10.0. The number of aryl methyl sites for hydroxylation is 2. The lowest BCUT2D eigenvalue weighted by Gasteiger charge is -2.18. The number of rotatable bonds is 6. The van der Waals surface area contributed by atoms with Gasteiger partial charge in [0.25, 0.3) is 5.91 Å². The maximum absolute atomic E-state index is 13.4. The Morgan fingerprint density at radius 3 is 2.50 bits per heavy atom. The van der Waals surface area contributed by atoms with Crippen molar-refractivity contribution >= 4 is 16.8 Å². The van der Waals surface area contributed by atoms with Crippen molar-refractivity contribution in [1.82, 2.24) is 20.1 Å². The van der Waals surface area contributed by atoms with Crippen LogP contribution in [0.5, 0.6) is 0 Å². The third kappa shape index (κ3) is 3.83. The molecule has 4 aromatic rings. The molecule has 4 rings (SSSR count). The highest BCUT2D eigenvalue weighted by Crippen LogP contribution is 2.27. The summed E-state index contributed by atoms with van der Waals surface area (Å²) in [5.74, 6) is -0.0916. The van der Waals surface area contributed by atoms with Gasteiger partial charge in [0, 0.05) is 23.7 Å². The number of carbonyl (C=O) groups excluding carboxylic acids is 1. The molecular weight excluding hydrogens is 372 g/mol. The number of hydrogen-bond acceptors (Lipinski definition) is 3. The number of fused-ring (bicyclic) bond motifs is 1. The van der Waals surface area contributed by atoms with E-state index in [4.69, 9.17) is 4.98 Å². The van der Waals surface area contributed by atoms with Crippen LogP contribution in [-0.4, -0.2) is 20.7 Å². The fourth-order valence-electron chi connectivity index (χ4n) is 3.78. The van der Waals surface area contributed by atoms with Gasteiger partial charge in [0.1, 0.15) is 0 Å². The molecule has 0 aliphatic heterocycles. The highest BCUT2D eigenvalue weighted by atomic mass is 16.1. The predicted molar refractivity (Wildman–Crippen MR) is 120 cm³/mol. The van der Waals surface area contributed by atoms with E-state index in [9.17, 15) is 4.79 Å². The maximum atomic E-state index is 13.4. The van der Waals surface area contributed by atoms with E-state index in [1.54, 1.807) is 0 Å². The number of pyridine rings is 1. The fraction of sp³-hybridized carbons (Fsp3) is 0.240. The van der Waals surface area contributed by atoms with Gasteiger partial charge in [0.05, 0.1) is 28.5 Å². The number of para-hydroxylation sites is 1. The number of carbonyl (C=O) groups is 1. The van der Waals surface area contributed by atoms with Crippen LogP contribution in [0.2, 0.25) is 0 Å². The van der Waals surface area contributed by atoms with Gasteiger partial charge in [0.15, 0.2) is 0 Å². The first-order chi connectivity index (χ1) is 14.6. The molecule has 1 atom stereocenters. The Kier molecular flexibility index (Phi) is 5.61. The molecule has 2 aromatic heterocycles. The second kappa shape index (κ2) is 8.49. The van der Waals surface area contributed by atoms with E-state index >= 15 is 0 Å². The van der Waals surface area contributed by atoms with Crippen LogP contribution in [0.3, 0.4) is 0 Å². The number of aromatic nitrogens is 3. The summed E-state index contributed by atoms with van der Waals surface area (Å²) >= 11 is 0. The Morgan fingerprint density at radius 1 is 1.07 bits per heavy atom. The predicted octanol–water partition coefficient (Wildman–Crippen LogP) is 5.31. The molecule has 0 saturated heterocycles. The van der Waals surface area contributed by atoms with E-state index in [1.807, 2.05) is 78.5 Å². The largest absolute Gasteiger partial charge is 0.345 e. The van der Waals surface area contributed by atoms with Crippen molar-refractivity contribution in [2.45, 2.75) is 39.8 Å². The van der Waals surface area contributed by atoms with Crippen molar-refractivity contribution in [2.75, 3.05) is 0 Å². The molecule has 30 heavy (non-hydrogen) atoms. The van der Waals surface area contributed by atoms with Crippen molar-refractivity contribution in [3.63, 3.8) is 0 Å². The van der Waals surface area contributed by atoms with Crippen LogP contribution >= 0.6 is 0 Å². The summed E-state index contributed by atoms with van der Waals surface area (Å²) in [5, 5.41) is 8.60. The molecule has 1 amide bonds. The van der Waals surface area contributed by atoms with Crippen LogP contribution < -0.4 is 5.32 Å². The Morgan fingerprint density at radius 2 is 1.80 bits per heavy atom. The topological polar surface area (TPSA) is 59.8 Å². The van der Waals surface area contributed by atoms with Gasteiger partial charge >= 0.3 is 0 Å². The minimum absolute atomic E-state index is 0.0429. The molecule has 152 valence electrons. The second-order valence-corrected chi connectivity index (χ2v) is 7.40. The van der Waals surface area contributed by atoms with Crippen LogP contribution in [0.4, 0.5) is 0 Å². The molecule has 0 saturated carbocycles. The second-order valence-electron chi connectivity index (χ2n) is 7.40. The summed E-state index contributed by atoms with van der Waals surface area (Å²) in [6.45, 7) is 6.89. The lowest BCUT2D eigenvalue weighted by molar-refractivity contribution is 0.0937. The Balaban J connectivity index is 1.77.